The second-order valence-electron chi connectivity index (χ2n) is 7.92. The smallest absolute Gasteiger partial charge is 0.263 e. The minimum atomic E-state index is -0.159. The molecule has 0 spiro atoms. The maximum absolute atomic E-state index is 13.4. The van der Waals surface area contributed by atoms with Gasteiger partial charge in [0.1, 0.15) is 5.75 Å². The molecule has 5 rings (SSSR count). The molecule has 2 heterocycles. The SMILES string of the molecule is COc1ccccc1Cn1c(=O)c2ccccc2n2c(SCC(=O)c3ccc(C)cc3)nnc12. The average molecular weight is 471 g/mol. The van der Waals surface area contributed by atoms with Gasteiger partial charge in [-0.1, -0.05) is 71.9 Å². The third-order valence-corrected chi connectivity index (χ3v) is 6.63. The molecule has 0 radical (unpaired) electrons. The Hall–Kier alpha value is -3.91. The number of fused-ring (bicyclic) bond motifs is 3. The number of ether oxygens (including phenoxy) is 1. The number of benzene rings is 3. The van der Waals surface area contributed by atoms with Crippen LogP contribution in [0.5, 0.6) is 5.75 Å². The van der Waals surface area contributed by atoms with E-state index in [0.717, 1.165) is 11.1 Å². The van der Waals surface area contributed by atoms with E-state index in [0.29, 0.717) is 33.1 Å². The first-order valence-corrected chi connectivity index (χ1v) is 11.8. The van der Waals surface area contributed by atoms with Gasteiger partial charge in [0.2, 0.25) is 5.78 Å². The number of hydrogen-bond acceptors (Lipinski definition) is 6. The summed E-state index contributed by atoms with van der Waals surface area (Å²) in [6.07, 6.45) is 0. The van der Waals surface area contributed by atoms with Crippen LogP contribution in [0.25, 0.3) is 16.7 Å². The highest BCUT2D eigenvalue weighted by Crippen LogP contribution is 2.24. The lowest BCUT2D eigenvalue weighted by Crippen LogP contribution is -2.24. The van der Waals surface area contributed by atoms with Crippen LogP contribution in [0, 0.1) is 6.92 Å². The lowest BCUT2D eigenvalue weighted by Gasteiger charge is -2.13. The Kier molecular flexibility index (Phi) is 5.90. The molecule has 0 bridgehead atoms. The first-order chi connectivity index (χ1) is 16.6. The normalized spacial score (nSPS) is 11.2. The molecule has 2 aromatic heterocycles. The summed E-state index contributed by atoms with van der Waals surface area (Å²) in [5.74, 6) is 1.33. The molecule has 34 heavy (non-hydrogen) atoms. The van der Waals surface area contributed by atoms with Crippen LogP contribution in [0.4, 0.5) is 0 Å². The maximum Gasteiger partial charge on any atom is 0.263 e. The van der Waals surface area contributed by atoms with E-state index in [4.69, 9.17) is 4.74 Å². The van der Waals surface area contributed by atoms with Crippen molar-refractivity contribution in [2.75, 3.05) is 12.9 Å². The van der Waals surface area contributed by atoms with Crippen molar-refractivity contribution < 1.29 is 9.53 Å². The first kappa shape index (κ1) is 21.9. The second kappa shape index (κ2) is 9.15. The molecular formula is C26H22N4O3S. The van der Waals surface area contributed by atoms with E-state index in [1.54, 1.807) is 17.7 Å². The van der Waals surface area contributed by atoms with Gasteiger partial charge in [-0.25, -0.2) is 0 Å². The van der Waals surface area contributed by atoms with Gasteiger partial charge in [-0.2, -0.15) is 0 Å². The van der Waals surface area contributed by atoms with E-state index in [9.17, 15) is 9.59 Å². The standard InChI is InChI=1S/C26H22N4O3S/c1-17-11-13-18(14-12-17)22(31)16-34-26-28-27-25-29(15-19-7-3-6-10-23(19)33-2)24(32)20-8-4-5-9-21(20)30(25)26/h3-14H,15-16H2,1-2H3. The van der Waals surface area contributed by atoms with E-state index in [1.807, 2.05) is 78.1 Å². The highest BCUT2D eigenvalue weighted by Gasteiger charge is 2.19. The van der Waals surface area contributed by atoms with Crippen molar-refractivity contribution in [3.8, 4) is 5.75 Å². The van der Waals surface area contributed by atoms with Gasteiger partial charge in [0.25, 0.3) is 5.56 Å². The molecule has 170 valence electrons. The molecule has 0 aliphatic carbocycles. The molecule has 0 saturated heterocycles. The first-order valence-electron chi connectivity index (χ1n) is 10.8. The topological polar surface area (TPSA) is 78.5 Å². The van der Waals surface area contributed by atoms with Crippen LogP contribution in [0.3, 0.4) is 0 Å². The number of hydrogen-bond donors (Lipinski definition) is 0. The van der Waals surface area contributed by atoms with Crippen LogP contribution in [-0.2, 0) is 6.54 Å². The number of nitrogens with zero attached hydrogens (tertiary/aromatic N) is 4. The predicted molar refractivity (Wildman–Crippen MR) is 133 cm³/mol. The fourth-order valence-corrected chi connectivity index (χ4v) is 4.76. The van der Waals surface area contributed by atoms with Crippen molar-refractivity contribution in [3.63, 3.8) is 0 Å². The van der Waals surface area contributed by atoms with Gasteiger partial charge >= 0.3 is 0 Å². The molecular weight excluding hydrogens is 448 g/mol. The Balaban J connectivity index is 1.58. The molecule has 7 nitrogen and oxygen atoms in total. The fraction of sp³-hybridized carbons (Fsp3) is 0.154. The van der Waals surface area contributed by atoms with Crippen molar-refractivity contribution in [2.45, 2.75) is 18.6 Å². The van der Waals surface area contributed by atoms with Crippen LogP contribution < -0.4 is 10.3 Å². The molecule has 0 N–H and O–H groups in total. The van der Waals surface area contributed by atoms with Crippen LogP contribution in [0.15, 0.2) is 82.7 Å². The Bertz CT molecular complexity index is 1570. The third kappa shape index (κ3) is 3.97. The number of methoxy groups -OCH3 is 1. The van der Waals surface area contributed by atoms with Gasteiger partial charge in [0.15, 0.2) is 10.9 Å². The van der Waals surface area contributed by atoms with Crippen molar-refractivity contribution in [3.05, 3.63) is 99.8 Å². The highest BCUT2D eigenvalue weighted by molar-refractivity contribution is 7.99. The molecule has 0 fully saturated rings. The molecule has 0 aliphatic heterocycles. The van der Waals surface area contributed by atoms with Gasteiger partial charge < -0.3 is 4.74 Å². The van der Waals surface area contributed by atoms with Crippen LogP contribution in [0.1, 0.15) is 21.5 Å². The summed E-state index contributed by atoms with van der Waals surface area (Å²) in [6.45, 7) is 2.27. The molecule has 0 amide bonds. The Morgan fingerprint density at radius 3 is 2.50 bits per heavy atom. The van der Waals surface area contributed by atoms with E-state index in [1.165, 1.54) is 11.8 Å². The summed E-state index contributed by atoms with van der Waals surface area (Å²) in [4.78, 5) is 26.2. The number of aryl methyl sites for hydroxylation is 1. The zero-order chi connectivity index (χ0) is 23.7. The molecule has 5 aromatic rings. The van der Waals surface area contributed by atoms with Gasteiger partial charge in [-0.05, 0) is 25.1 Å². The van der Waals surface area contributed by atoms with E-state index in [-0.39, 0.29) is 23.6 Å². The van der Waals surface area contributed by atoms with Crippen molar-refractivity contribution >= 4 is 34.2 Å². The fourth-order valence-electron chi connectivity index (χ4n) is 3.93. The van der Waals surface area contributed by atoms with Gasteiger partial charge in [0.05, 0.1) is 30.3 Å². The van der Waals surface area contributed by atoms with Crippen molar-refractivity contribution in [2.24, 2.45) is 0 Å². The zero-order valence-corrected chi connectivity index (χ0v) is 19.6. The van der Waals surface area contributed by atoms with Crippen LogP contribution in [0.2, 0.25) is 0 Å². The molecule has 8 heteroatoms. The van der Waals surface area contributed by atoms with Crippen molar-refractivity contribution in [1.82, 2.24) is 19.2 Å². The largest absolute Gasteiger partial charge is 0.496 e. The Labute approximate surface area is 200 Å². The molecule has 3 aromatic carbocycles. The number of thioether (sulfide) groups is 1. The quantitative estimate of drug-likeness (QED) is 0.259. The van der Waals surface area contributed by atoms with Gasteiger partial charge in [0, 0.05) is 11.1 Å². The molecule has 0 unspecified atom stereocenters. The second-order valence-corrected chi connectivity index (χ2v) is 8.86. The summed E-state index contributed by atoms with van der Waals surface area (Å²) in [5.41, 5.74) is 3.16. The lowest BCUT2D eigenvalue weighted by atomic mass is 10.1. The van der Waals surface area contributed by atoms with Crippen LogP contribution in [-0.4, -0.2) is 37.8 Å². The monoisotopic (exact) mass is 470 g/mol. The number of ketones is 1. The summed E-state index contributed by atoms with van der Waals surface area (Å²) in [6, 6.07) is 22.5. The van der Waals surface area contributed by atoms with Crippen LogP contribution >= 0.6 is 11.8 Å². The number of Topliss-reactive ketones (excluding diaryl/α,β-unsaturated/α-hetero) is 1. The number of para-hydroxylation sites is 2. The van der Waals surface area contributed by atoms with E-state index >= 15 is 0 Å². The number of carbonyl (C=O) groups is 1. The zero-order valence-electron chi connectivity index (χ0n) is 18.8. The lowest BCUT2D eigenvalue weighted by molar-refractivity contribution is 0.102. The molecule has 0 aliphatic rings. The van der Waals surface area contributed by atoms with Crippen molar-refractivity contribution in [1.29, 1.82) is 0 Å². The average Bonchev–Trinajstić information content (AvgIpc) is 3.29. The van der Waals surface area contributed by atoms with E-state index < -0.39 is 0 Å². The van der Waals surface area contributed by atoms with Gasteiger partial charge in [-0.15, -0.1) is 10.2 Å². The number of carbonyl (C=O) groups excluding carboxylic acids is 1. The summed E-state index contributed by atoms with van der Waals surface area (Å²) >= 11 is 1.31. The summed E-state index contributed by atoms with van der Waals surface area (Å²) in [7, 11) is 1.61. The number of aromatic nitrogens is 4. The third-order valence-electron chi connectivity index (χ3n) is 5.71. The molecule has 0 atom stereocenters. The van der Waals surface area contributed by atoms with Gasteiger partial charge in [-0.3, -0.25) is 18.6 Å². The minimum Gasteiger partial charge on any atom is -0.496 e. The van der Waals surface area contributed by atoms with E-state index in [2.05, 4.69) is 10.2 Å². The summed E-state index contributed by atoms with van der Waals surface area (Å²) in [5, 5.41) is 9.80. The predicted octanol–water partition coefficient (Wildman–Crippen LogP) is 4.38. The summed E-state index contributed by atoms with van der Waals surface area (Å²) < 4.78 is 8.92. The Morgan fingerprint density at radius 1 is 0.971 bits per heavy atom. The number of rotatable bonds is 7. The molecule has 0 saturated carbocycles. The maximum atomic E-state index is 13.4. The minimum absolute atomic E-state index is 0.00778. The Morgan fingerprint density at radius 2 is 1.71 bits per heavy atom. The highest BCUT2D eigenvalue weighted by atomic mass is 32.2.